The highest BCUT2D eigenvalue weighted by molar-refractivity contribution is 6.16. The number of hydrogen-bond acceptors (Lipinski definition) is 16. The number of aliphatic hydroxyl groups excluding tert-OH is 2. The van der Waals surface area contributed by atoms with Crippen molar-refractivity contribution >= 4 is 35.8 Å². The minimum atomic E-state index is -1.67. The Labute approximate surface area is 322 Å². The second kappa shape index (κ2) is 16.8. The summed E-state index contributed by atoms with van der Waals surface area (Å²) >= 11 is 0. The summed E-state index contributed by atoms with van der Waals surface area (Å²) in [6.07, 6.45) is 15.3. The van der Waals surface area contributed by atoms with Gasteiger partial charge in [0.2, 0.25) is 0 Å². The van der Waals surface area contributed by atoms with Crippen LogP contribution in [0.25, 0.3) is 0 Å². The monoisotopic (exact) mass is 780 g/mol. The Bertz CT molecular complexity index is 1720. The molecule has 3 fully saturated rings. The van der Waals surface area contributed by atoms with Gasteiger partial charge in [0.15, 0.2) is 0 Å². The molecule has 4 aliphatic heterocycles. The van der Waals surface area contributed by atoms with Crippen molar-refractivity contribution in [1.82, 2.24) is 0 Å². The van der Waals surface area contributed by atoms with Crippen LogP contribution in [0, 0.1) is 0 Å². The van der Waals surface area contributed by atoms with E-state index in [1.54, 1.807) is 13.8 Å². The van der Waals surface area contributed by atoms with Crippen molar-refractivity contribution in [1.29, 1.82) is 0 Å². The van der Waals surface area contributed by atoms with E-state index in [2.05, 4.69) is 0 Å². The first-order valence-electron chi connectivity index (χ1n) is 18.4. The number of allylic oxidation sites excluding steroid dienone is 8. The molecule has 2 unspecified atom stereocenters. The summed E-state index contributed by atoms with van der Waals surface area (Å²) < 4.78 is 43.9. The summed E-state index contributed by atoms with van der Waals surface area (Å²) in [5.74, 6) is -12.3. The van der Waals surface area contributed by atoms with Gasteiger partial charge in [0.1, 0.15) is 22.3 Å². The number of carbonyl (C=O) groups is 6. The van der Waals surface area contributed by atoms with Gasteiger partial charge in [-0.1, -0.05) is 64.2 Å². The van der Waals surface area contributed by atoms with Crippen molar-refractivity contribution in [3.8, 4) is 0 Å². The number of aliphatic hydroxyl groups is 2. The van der Waals surface area contributed by atoms with Gasteiger partial charge < -0.3 is 48.1 Å². The van der Waals surface area contributed by atoms with E-state index >= 15 is 0 Å². The standard InChI is InChI=1S/C40H44O16/c1-5-19-37(7-3)49-29(41)25(30(42)50-37)15-11-9-13-17-27-33(45)53-39(54-34(27)46)21-23-40(24-22-39)55-35(47)28(36(48)56-40)18-14-10-12-16-26-31(43)51-38(8-4,20-6-2)52-32(26)44/h9-18,41,43H,5-8,19-24H2,1-4H3/b13-9+,14-10?,15-11+,16-12?,27-17?,28-18?. The molecule has 1 saturated carbocycles. The van der Waals surface area contributed by atoms with Gasteiger partial charge in [0.25, 0.3) is 35.0 Å². The van der Waals surface area contributed by atoms with E-state index in [1.807, 2.05) is 13.8 Å². The van der Waals surface area contributed by atoms with E-state index in [4.69, 9.17) is 37.9 Å². The molecule has 2 spiro atoms. The number of esters is 6. The first-order valence-corrected chi connectivity index (χ1v) is 18.4. The minimum Gasteiger partial charge on any atom is -0.480 e. The van der Waals surface area contributed by atoms with Gasteiger partial charge in [-0.15, -0.1) is 0 Å². The summed E-state index contributed by atoms with van der Waals surface area (Å²) in [7, 11) is 0. The van der Waals surface area contributed by atoms with E-state index in [-0.39, 0.29) is 36.8 Å². The average Bonchev–Trinajstić information content (AvgIpc) is 3.13. The number of carbonyl (C=O) groups excluding carboxylic acids is 6. The Morgan fingerprint density at radius 3 is 1.09 bits per heavy atom. The molecule has 16 heteroatoms. The lowest BCUT2D eigenvalue weighted by atomic mass is 9.87. The second-order valence-corrected chi connectivity index (χ2v) is 13.5. The van der Waals surface area contributed by atoms with E-state index < -0.39 is 82.0 Å². The summed E-state index contributed by atoms with van der Waals surface area (Å²) in [5.41, 5.74) is -1.22. The third kappa shape index (κ3) is 8.74. The fraction of sp³-hybridized carbons (Fsp3) is 0.450. The van der Waals surface area contributed by atoms with E-state index in [1.165, 1.54) is 48.6 Å². The Morgan fingerprint density at radius 2 is 0.804 bits per heavy atom. The molecule has 5 aliphatic rings. The number of rotatable bonds is 12. The molecule has 56 heavy (non-hydrogen) atoms. The smallest absolute Gasteiger partial charge is 0.348 e. The van der Waals surface area contributed by atoms with Crippen LogP contribution in [0.2, 0.25) is 0 Å². The van der Waals surface area contributed by atoms with E-state index in [0.717, 1.165) is 12.2 Å². The van der Waals surface area contributed by atoms with Crippen LogP contribution in [-0.2, 0) is 66.7 Å². The predicted molar refractivity (Wildman–Crippen MR) is 191 cm³/mol. The topological polar surface area (TPSA) is 217 Å². The molecule has 0 amide bonds. The number of cyclic esters (lactones) is 2. The molecule has 0 aromatic carbocycles. The summed E-state index contributed by atoms with van der Waals surface area (Å²) in [4.78, 5) is 76.4. The Balaban J connectivity index is 1.14. The van der Waals surface area contributed by atoms with Crippen molar-refractivity contribution in [3.63, 3.8) is 0 Å². The van der Waals surface area contributed by atoms with Gasteiger partial charge in [0, 0.05) is 51.4 Å². The highest BCUT2D eigenvalue weighted by Crippen LogP contribution is 2.45. The van der Waals surface area contributed by atoms with Crippen molar-refractivity contribution in [3.05, 3.63) is 94.9 Å². The van der Waals surface area contributed by atoms with Crippen LogP contribution in [0.15, 0.2) is 94.9 Å². The SMILES string of the molecule is CCCC1(CC)OC(=O)C(C=CC=CC=C2C(=O)OC3(CCC4(CC3)OC(=O)C(=C/C=C/C=C/C3=C(O)OC(CC)(CCC)OC3=O)C(=O)O4)OC2=O)=C(O)O1. The molecular formula is C40H44O16. The molecule has 16 nitrogen and oxygen atoms in total. The van der Waals surface area contributed by atoms with E-state index in [9.17, 15) is 39.0 Å². The lowest BCUT2D eigenvalue weighted by molar-refractivity contribution is -0.291. The van der Waals surface area contributed by atoms with E-state index in [0.29, 0.717) is 38.5 Å². The maximum Gasteiger partial charge on any atom is 0.348 e. The van der Waals surface area contributed by atoms with Crippen LogP contribution in [0.4, 0.5) is 0 Å². The van der Waals surface area contributed by atoms with Crippen LogP contribution in [0.5, 0.6) is 0 Å². The zero-order chi connectivity index (χ0) is 40.7. The lowest BCUT2D eigenvalue weighted by Gasteiger charge is -2.45. The second-order valence-electron chi connectivity index (χ2n) is 13.5. The molecule has 0 bridgehead atoms. The zero-order valence-electron chi connectivity index (χ0n) is 31.5. The fourth-order valence-electron chi connectivity index (χ4n) is 6.54. The Kier molecular flexibility index (Phi) is 12.3. The van der Waals surface area contributed by atoms with Gasteiger partial charge in [-0.25, -0.2) is 28.8 Å². The molecule has 2 atom stereocenters. The average molecular weight is 781 g/mol. The lowest BCUT2D eigenvalue weighted by Crippen LogP contribution is -2.56. The van der Waals surface area contributed by atoms with Gasteiger partial charge >= 0.3 is 35.8 Å². The predicted octanol–water partition coefficient (Wildman–Crippen LogP) is 5.73. The third-order valence-electron chi connectivity index (χ3n) is 9.63. The molecule has 300 valence electrons. The first-order chi connectivity index (χ1) is 26.7. The van der Waals surface area contributed by atoms with Gasteiger partial charge in [-0.2, -0.15) is 0 Å². The molecule has 0 aromatic heterocycles. The first kappa shape index (κ1) is 41.1. The summed E-state index contributed by atoms with van der Waals surface area (Å²) in [6.45, 7) is 7.33. The molecule has 0 aromatic rings. The van der Waals surface area contributed by atoms with Gasteiger partial charge in [-0.3, -0.25) is 0 Å². The highest BCUT2D eigenvalue weighted by atomic mass is 16.8. The molecule has 5 rings (SSSR count). The maximum atomic E-state index is 12.9. The van der Waals surface area contributed by atoms with Gasteiger partial charge in [0.05, 0.1) is 0 Å². The molecule has 2 saturated heterocycles. The maximum absolute atomic E-state index is 12.9. The summed E-state index contributed by atoms with van der Waals surface area (Å²) in [6, 6.07) is 0. The molecular weight excluding hydrogens is 736 g/mol. The Morgan fingerprint density at radius 1 is 0.464 bits per heavy atom. The van der Waals surface area contributed by atoms with Gasteiger partial charge in [-0.05, 0) is 37.1 Å². The van der Waals surface area contributed by atoms with Crippen LogP contribution in [-0.4, -0.2) is 69.2 Å². The normalized spacial score (nSPS) is 29.8. The molecule has 0 radical (unpaired) electrons. The fourth-order valence-corrected chi connectivity index (χ4v) is 6.54. The van der Waals surface area contributed by atoms with Crippen molar-refractivity contribution < 1.29 is 76.9 Å². The van der Waals surface area contributed by atoms with Crippen molar-refractivity contribution in [2.45, 2.75) is 115 Å². The van der Waals surface area contributed by atoms with Crippen LogP contribution < -0.4 is 0 Å². The van der Waals surface area contributed by atoms with Crippen LogP contribution >= 0.6 is 0 Å². The quantitative estimate of drug-likeness (QED) is 0.0795. The Hall–Kier alpha value is -6.06. The number of hydrogen-bond donors (Lipinski definition) is 2. The molecule has 1 aliphatic carbocycles. The summed E-state index contributed by atoms with van der Waals surface area (Å²) in [5, 5.41) is 20.6. The van der Waals surface area contributed by atoms with Crippen LogP contribution in [0.1, 0.15) is 91.9 Å². The third-order valence-corrected chi connectivity index (χ3v) is 9.63. The zero-order valence-corrected chi connectivity index (χ0v) is 31.5. The van der Waals surface area contributed by atoms with Crippen molar-refractivity contribution in [2.24, 2.45) is 0 Å². The van der Waals surface area contributed by atoms with Crippen LogP contribution in [0.3, 0.4) is 0 Å². The molecule has 4 heterocycles. The number of ether oxygens (including phenoxy) is 8. The largest absolute Gasteiger partial charge is 0.480 e. The highest BCUT2D eigenvalue weighted by Gasteiger charge is 2.57. The minimum absolute atomic E-state index is 0.137. The van der Waals surface area contributed by atoms with Crippen molar-refractivity contribution in [2.75, 3.05) is 0 Å². The molecule has 2 N–H and O–H groups in total.